The summed E-state index contributed by atoms with van der Waals surface area (Å²) in [6.45, 7) is 10.9. The Balaban J connectivity index is 0.00000363. The van der Waals surface area contributed by atoms with Crippen molar-refractivity contribution in [3.05, 3.63) is 35.4 Å². The molecule has 7 heteroatoms. The van der Waals surface area contributed by atoms with E-state index in [0.29, 0.717) is 12.3 Å². The molecule has 2 heterocycles. The lowest BCUT2D eigenvalue weighted by molar-refractivity contribution is -0.121. The summed E-state index contributed by atoms with van der Waals surface area (Å²) in [5.41, 5.74) is 2.67. The number of benzene rings is 1. The van der Waals surface area contributed by atoms with Crippen molar-refractivity contribution in [1.82, 2.24) is 20.4 Å². The first-order valence-electron chi connectivity index (χ1n) is 11.9. The van der Waals surface area contributed by atoms with Gasteiger partial charge in [0.05, 0.1) is 0 Å². The molecule has 1 amide bonds. The minimum absolute atomic E-state index is 0. The summed E-state index contributed by atoms with van der Waals surface area (Å²) >= 11 is 0. The Bertz CT molecular complexity index is 720. The smallest absolute Gasteiger partial charge is 0.220 e. The van der Waals surface area contributed by atoms with Gasteiger partial charge in [-0.1, -0.05) is 38.1 Å². The van der Waals surface area contributed by atoms with Gasteiger partial charge < -0.3 is 15.5 Å². The maximum atomic E-state index is 11.6. The molecule has 0 aromatic heterocycles. The van der Waals surface area contributed by atoms with Crippen LogP contribution in [0.4, 0.5) is 0 Å². The first-order chi connectivity index (χ1) is 15.0. The first-order valence-corrected chi connectivity index (χ1v) is 11.9. The van der Waals surface area contributed by atoms with E-state index < -0.39 is 0 Å². The Labute approximate surface area is 211 Å². The molecule has 2 atom stereocenters. The number of nitrogens with one attached hydrogen (secondary N) is 2. The van der Waals surface area contributed by atoms with Crippen LogP contribution in [0.25, 0.3) is 0 Å². The molecule has 0 bridgehead atoms. The van der Waals surface area contributed by atoms with Gasteiger partial charge in [-0.15, -0.1) is 24.0 Å². The molecule has 2 unspecified atom stereocenters. The third-order valence-electron chi connectivity index (χ3n) is 6.70. The van der Waals surface area contributed by atoms with Gasteiger partial charge in [-0.05, 0) is 48.1 Å². The highest BCUT2D eigenvalue weighted by Crippen LogP contribution is 2.23. The number of carbonyl (C=O) groups excluding carboxylic acids is 1. The Morgan fingerprint density at radius 3 is 2.22 bits per heavy atom. The van der Waals surface area contributed by atoms with Crippen molar-refractivity contribution >= 4 is 35.8 Å². The quantitative estimate of drug-likeness (QED) is 0.320. The van der Waals surface area contributed by atoms with Crippen molar-refractivity contribution < 1.29 is 4.79 Å². The zero-order chi connectivity index (χ0) is 22.2. The van der Waals surface area contributed by atoms with Crippen molar-refractivity contribution in [2.24, 2.45) is 22.7 Å². The van der Waals surface area contributed by atoms with E-state index in [-0.39, 0.29) is 29.9 Å². The number of aliphatic imine (C=N–C) groups is 1. The van der Waals surface area contributed by atoms with Gasteiger partial charge in [0.2, 0.25) is 5.91 Å². The summed E-state index contributed by atoms with van der Waals surface area (Å²) < 4.78 is 0. The minimum Gasteiger partial charge on any atom is -0.359 e. The van der Waals surface area contributed by atoms with Gasteiger partial charge in [0.15, 0.2) is 5.96 Å². The van der Waals surface area contributed by atoms with Gasteiger partial charge >= 0.3 is 0 Å². The van der Waals surface area contributed by atoms with Crippen LogP contribution >= 0.6 is 24.0 Å². The van der Waals surface area contributed by atoms with Gasteiger partial charge in [-0.3, -0.25) is 14.7 Å². The molecule has 1 aromatic rings. The fourth-order valence-electron chi connectivity index (χ4n) is 5.17. The predicted molar refractivity (Wildman–Crippen MR) is 143 cm³/mol. The highest BCUT2D eigenvalue weighted by Gasteiger charge is 2.23. The normalized spacial score (nSPS) is 22.9. The van der Waals surface area contributed by atoms with Crippen molar-refractivity contribution in [1.29, 1.82) is 0 Å². The zero-order valence-electron chi connectivity index (χ0n) is 20.3. The molecule has 0 spiro atoms. The molecule has 0 saturated carbocycles. The molecule has 2 N–H and O–H groups in total. The topological polar surface area (TPSA) is 60.0 Å². The number of likely N-dealkylation sites (tertiary alicyclic amines) is 2. The van der Waals surface area contributed by atoms with Crippen LogP contribution in [-0.4, -0.2) is 61.9 Å². The highest BCUT2D eigenvalue weighted by atomic mass is 127. The van der Waals surface area contributed by atoms with Gasteiger partial charge in [0.25, 0.3) is 0 Å². The number of guanidine groups is 1. The Morgan fingerprint density at radius 2 is 1.66 bits per heavy atom. The Kier molecular flexibility index (Phi) is 11.2. The molecular weight excluding hydrogens is 513 g/mol. The van der Waals surface area contributed by atoms with Gasteiger partial charge in [-0.25, -0.2) is 0 Å². The maximum absolute atomic E-state index is 11.6. The molecule has 2 saturated heterocycles. The summed E-state index contributed by atoms with van der Waals surface area (Å²) in [6, 6.07) is 9.02. The van der Waals surface area contributed by atoms with Crippen LogP contribution in [0.15, 0.2) is 29.3 Å². The lowest BCUT2D eigenvalue weighted by Gasteiger charge is -2.35. The Morgan fingerprint density at radius 1 is 1.06 bits per heavy atom. The van der Waals surface area contributed by atoms with E-state index in [9.17, 15) is 4.79 Å². The summed E-state index contributed by atoms with van der Waals surface area (Å²) in [5, 5.41) is 6.26. The zero-order valence-corrected chi connectivity index (χ0v) is 22.6. The van der Waals surface area contributed by atoms with Crippen LogP contribution in [0.5, 0.6) is 0 Å². The number of nitrogens with zero attached hydrogens (tertiary/aromatic N) is 3. The summed E-state index contributed by atoms with van der Waals surface area (Å²) in [6.07, 6.45) is 4.07. The van der Waals surface area contributed by atoms with Crippen molar-refractivity contribution in [3.63, 3.8) is 0 Å². The molecule has 3 rings (SSSR count). The molecule has 2 aliphatic rings. The summed E-state index contributed by atoms with van der Waals surface area (Å²) in [4.78, 5) is 21.0. The number of halogens is 1. The van der Waals surface area contributed by atoms with E-state index in [4.69, 9.17) is 0 Å². The molecule has 6 nitrogen and oxygen atoms in total. The van der Waals surface area contributed by atoms with Crippen LogP contribution in [0.2, 0.25) is 0 Å². The second kappa shape index (κ2) is 13.4. The highest BCUT2D eigenvalue weighted by molar-refractivity contribution is 14.0. The minimum atomic E-state index is 0. The van der Waals surface area contributed by atoms with Crippen molar-refractivity contribution in [3.8, 4) is 0 Å². The van der Waals surface area contributed by atoms with Crippen LogP contribution in [0.3, 0.4) is 0 Å². The van der Waals surface area contributed by atoms with Crippen LogP contribution in [0.1, 0.15) is 50.7 Å². The molecule has 1 aromatic carbocycles. The third-order valence-corrected chi connectivity index (χ3v) is 6.70. The summed E-state index contributed by atoms with van der Waals surface area (Å²) in [7, 11) is 3.56. The molecule has 2 aliphatic heterocycles. The van der Waals surface area contributed by atoms with E-state index in [1.54, 1.807) is 7.05 Å². The average Bonchev–Trinajstić information content (AvgIpc) is 2.75. The number of rotatable bonds is 6. The fraction of sp³-hybridized carbons (Fsp3) is 0.680. The number of carbonyl (C=O) groups is 1. The third kappa shape index (κ3) is 8.21. The fourth-order valence-corrected chi connectivity index (χ4v) is 5.17. The Hall–Kier alpha value is -1.35. The van der Waals surface area contributed by atoms with E-state index in [1.165, 1.54) is 30.6 Å². The van der Waals surface area contributed by atoms with Gasteiger partial charge in [-0.2, -0.15) is 0 Å². The average molecular weight is 556 g/mol. The lowest BCUT2D eigenvalue weighted by Crippen LogP contribution is -2.45. The summed E-state index contributed by atoms with van der Waals surface area (Å²) in [5.74, 6) is 3.18. The first kappa shape index (κ1) is 26.9. The monoisotopic (exact) mass is 555 g/mol. The van der Waals surface area contributed by atoms with Crippen LogP contribution < -0.4 is 10.6 Å². The predicted octanol–water partition coefficient (Wildman–Crippen LogP) is 3.71. The van der Waals surface area contributed by atoms with E-state index in [2.05, 4.69) is 63.5 Å². The largest absolute Gasteiger partial charge is 0.359 e. The molecule has 180 valence electrons. The second-order valence-electron chi connectivity index (χ2n) is 9.67. The SMILES string of the molecule is CN=C(NCc1ccc(CN2CC(C)CC(C)C2)cc1)N1CCC(CC(=O)NC)CC1.I. The number of piperidine rings is 2. The molecule has 32 heavy (non-hydrogen) atoms. The molecule has 0 aliphatic carbocycles. The molecule has 2 fully saturated rings. The van der Waals surface area contributed by atoms with Crippen LogP contribution in [0, 0.1) is 17.8 Å². The standard InChI is InChI=1S/C25H41N5O.HI/c1-19-13-20(2)17-29(16-19)18-23-7-5-22(6-8-23)15-28-25(27-4)30-11-9-21(10-12-30)14-24(31)26-3;/h5-8,19-21H,9-18H2,1-4H3,(H,26,31)(H,27,28);1H. The number of amides is 1. The van der Waals surface area contributed by atoms with E-state index in [0.717, 1.165) is 56.8 Å². The maximum Gasteiger partial charge on any atom is 0.220 e. The molecular formula is C25H42IN5O. The lowest BCUT2D eigenvalue weighted by atomic mass is 9.91. The van der Waals surface area contributed by atoms with E-state index >= 15 is 0 Å². The number of hydrogen-bond donors (Lipinski definition) is 2. The van der Waals surface area contributed by atoms with E-state index in [1.807, 2.05) is 7.05 Å². The molecule has 0 radical (unpaired) electrons. The van der Waals surface area contributed by atoms with Crippen molar-refractivity contribution in [2.45, 2.75) is 52.6 Å². The van der Waals surface area contributed by atoms with Crippen LogP contribution in [-0.2, 0) is 17.9 Å². The van der Waals surface area contributed by atoms with Crippen molar-refractivity contribution in [2.75, 3.05) is 40.3 Å². The van der Waals surface area contributed by atoms with Gasteiger partial charge in [0, 0.05) is 59.8 Å². The second-order valence-corrected chi connectivity index (χ2v) is 9.67. The van der Waals surface area contributed by atoms with Gasteiger partial charge in [0.1, 0.15) is 0 Å². The number of hydrogen-bond acceptors (Lipinski definition) is 3.